The second kappa shape index (κ2) is 8.63. The van der Waals surface area contributed by atoms with Crippen LogP contribution in [0.3, 0.4) is 0 Å². The Morgan fingerprint density at radius 3 is 2.26 bits per heavy atom. The standard InChI is InChI=1S/C24H26N2O/c1-4-10-23-25-22(6-3)21(5-2)24(27)26(23)17-18-13-15-20(16-14-18)19-11-8-7-9-12-19/h5,7-9,11-16H,2,4,6,10,17H2,1,3H3. The molecule has 3 rings (SSSR count). The normalized spacial score (nSPS) is 10.7. The van der Waals surface area contributed by atoms with Crippen molar-refractivity contribution in [1.82, 2.24) is 9.55 Å². The van der Waals surface area contributed by atoms with Gasteiger partial charge in [0.25, 0.3) is 5.56 Å². The molecule has 0 aliphatic rings. The summed E-state index contributed by atoms with van der Waals surface area (Å²) in [5.41, 5.74) is 4.93. The largest absolute Gasteiger partial charge is 0.292 e. The molecule has 0 fully saturated rings. The summed E-state index contributed by atoms with van der Waals surface area (Å²) in [7, 11) is 0. The van der Waals surface area contributed by atoms with Gasteiger partial charge in [0.2, 0.25) is 0 Å². The van der Waals surface area contributed by atoms with Crippen LogP contribution in [-0.4, -0.2) is 9.55 Å². The van der Waals surface area contributed by atoms with Gasteiger partial charge in [-0.3, -0.25) is 9.36 Å². The molecular weight excluding hydrogens is 332 g/mol. The van der Waals surface area contributed by atoms with Crippen molar-refractivity contribution in [1.29, 1.82) is 0 Å². The highest BCUT2D eigenvalue weighted by atomic mass is 16.1. The van der Waals surface area contributed by atoms with Crippen molar-refractivity contribution < 1.29 is 0 Å². The molecule has 138 valence electrons. The Morgan fingerprint density at radius 1 is 1.00 bits per heavy atom. The Bertz CT molecular complexity index is 970. The van der Waals surface area contributed by atoms with E-state index in [1.165, 1.54) is 11.1 Å². The molecule has 0 saturated heterocycles. The number of benzene rings is 2. The first-order valence-corrected chi connectivity index (χ1v) is 9.57. The van der Waals surface area contributed by atoms with Gasteiger partial charge in [-0.25, -0.2) is 4.98 Å². The lowest BCUT2D eigenvalue weighted by molar-refractivity contribution is 0.643. The summed E-state index contributed by atoms with van der Waals surface area (Å²) in [5.74, 6) is 0.858. The fraction of sp³-hybridized carbons (Fsp3) is 0.250. The van der Waals surface area contributed by atoms with E-state index in [-0.39, 0.29) is 5.56 Å². The molecule has 0 aliphatic heterocycles. The van der Waals surface area contributed by atoms with Gasteiger partial charge in [0, 0.05) is 6.42 Å². The molecule has 27 heavy (non-hydrogen) atoms. The SMILES string of the molecule is C=Cc1c(CC)nc(CCC)n(Cc2ccc(-c3ccccc3)cc2)c1=O. The molecule has 3 aromatic rings. The van der Waals surface area contributed by atoms with E-state index >= 15 is 0 Å². The van der Waals surface area contributed by atoms with E-state index in [4.69, 9.17) is 4.98 Å². The fourth-order valence-corrected chi connectivity index (χ4v) is 3.33. The zero-order valence-corrected chi connectivity index (χ0v) is 16.1. The third-order valence-electron chi connectivity index (χ3n) is 4.78. The van der Waals surface area contributed by atoms with Gasteiger partial charge in [-0.1, -0.05) is 81.1 Å². The van der Waals surface area contributed by atoms with Crippen molar-refractivity contribution in [3.8, 4) is 11.1 Å². The van der Waals surface area contributed by atoms with Gasteiger partial charge in [-0.05, 0) is 29.5 Å². The summed E-state index contributed by atoms with van der Waals surface area (Å²) >= 11 is 0. The third-order valence-corrected chi connectivity index (χ3v) is 4.78. The summed E-state index contributed by atoms with van der Waals surface area (Å²) in [6.07, 6.45) is 4.12. The van der Waals surface area contributed by atoms with Gasteiger partial charge >= 0.3 is 0 Å². The summed E-state index contributed by atoms with van der Waals surface area (Å²) in [6.45, 7) is 8.48. The molecule has 1 heterocycles. The highest BCUT2D eigenvalue weighted by molar-refractivity contribution is 5.63. The maximum atomic E-state index is 13.0. The van der Waals surface area contributed by atoms with Crippen LogP contribution in [-0.2, 0) is 19.4 Å². The van der Waals surface area contributed by atoms with Crippen molar-refractivity contribution in [3.63, 3.8) is 0 Å². The highest BCUT2D eigenvalue weighted by Gasteiger charge is 2.13. The van der Waals surface area contributed by atoms with Crippen molar-refractivity contribution >= 4 is 6.08 Å². The average molecular weight is 358 g/mol. The second-order valence-corrected chi connectivity index (χ2v) is 6.65. The monoisotopic (exact) mass is 358 g/mol. The van der Waals surface area contributed by atoms with E-state index in [1.54, 1.807) is 10.6 Å². The van der Waals surface area contributed by atoms with Crippen LogP contribution in [0.1, 0.15) is 42.9 Å². The quantitative estimate of drug-likeness (QED) is 0.588. The van der Waals surface area contributed by atoms with E-state index in [9.17, 15) is 4.79 Å². The molecule has 0 unspecified atom stereocenters. The van der Waals surface area contributed by atoms with Crippen LogP contribution in [0.25, 0.3) is 17.2 Å². The molecule has 0 aliphatic carbocycles. The minimum absolute atomic E-state index is 0.00689. The number of rotatable bonds is 7. The molecule has 0 saturated carbocycles. The van der Waals surface area contributed by atoms with E-state index < -0.39 is 0 Å². The van der Waals surface area contributed by atoms with Crippen LogP contribution in [0, 0.1) is 0 Å². The van der Waals surface area contributed by atoms with Gasteiger partial charge < -0.3 is 0 Å². The number of aryl methyl sites for hydroxylation is 2. The molecule has 2 aromatic carbocycles. The Morgan fingerprint density at radius 2 is 1.67 bits per heavy atom. The van der Waals surface area contributed by atoms with Crippen molar-refractivity contribution in [2.45, 2.75) is 39.7 Å². The molecule has 3 nitrogen and oxygen atoms in total. The lowest BCUT2D eigenvalue weighted by Gasteiger charge is -2.15. The Balaban J connectivity index is 1.97. The van der Waals surface area contributed by atoms with Crippen LogP contribution in [0.4, 0.5) is 0 Å². The summed E-state index contributed by atoms with van der Waals surface area (Å²) in [6, 6.07) is 18.7. The molecule has 0 atom stereocenters. The van der Waals surface area contributed by atoms with Crippen molar-refractivity contribution in [2.75, 3.05) is 0 Å². The van der Waals surface area contributed by atoms with Crippen LogP contribution < -0.4 is 5.56 Å². The third kappa shape index (κ3) is 4.08. The van der Waals surface area contributed by atoms with Gasteiger partial charge in [-0.15, -0.1) is 0 Å². The molecule has 1 aromatic heterocycles. The zero-order chi connectivity index (χ0) is 19.2. The Hall–Kier alpha value is -2.94. The van der Waals surface area contributed by atoms with Crippen LogP contribution in [0.15, 0.2) is 66.0 Å². The fourth-order valence-electron chi connectivity index (χ4n) is 3.33. The molecule has 0 radical (unpaired) electrons. The zero-order valence-electron chi connectivity index (χ0n) is 16.1. The molecular formula is C24H26N2O. The van der Waals surface area contributed by atoms with Gasteiger partial charge in [0.1, 0.15) is 5.82 Å². The van der Waals surface area contributed by atoms with Crippen LogP contribution in [0.2, 0.25) is 0 Å². The van der Waals surface area contributed by atoms with Crippen molar-refractivity contribution in [2.24, 2.45) is 0 Å². The maximum Gasteiger partial charge on any atom is 0.261 e. The van der Waals surface area contributed by atoms with Crippen LogP contribution in [0.5, 0.6) is 0 Å². The molecule has 0 amide bonds. The first kappa shape index (κ1) is 18.8. The number of nitrogens with zero attached hydrogens (tertiary/aromatic N) is 2. The first-order chi connectivity index (χ1) is 13.2. The van der Waals surface area contributed by atoms with E-state index in [0.29, 0.717) is 12.1 Å². The number of hydrogen-bond donors (Lipinski definition) is 0. The predicted octanol–water partition coefficient (Wildman–Crippen LogP) is 5.12. The number of hydrogen-bond acceptors (Lipinski definition) is 2. The van der Waals surface area contributed by atoms with E-state index in [0.717, 1.165) is 36.3 Å². The summed E-state index contributed by atoms with van der Waals surface area (Å²) in [5, 5.41) is 0. The number of aromatic nitrogens is 2. The Kier molecular flexibility index (Phi) is 6.02. The Labute approximate surface area is 161 Å². The minimum Gasteiger partial charge on any atom is -0.292 e. The second-order valence-electron chi connectivity index (χ2n) is 6.65. The topological polar surface area (TPSA) is 34.9 Å². The van der Waals surface area contributed by atoms with E-state index in [2.05, 4.69) is 49.9 Å². The average Bonchev–Trinajstić information content (AvgIpc) is 2.71. The summed E-state index contributed by atoms with van der Waals surface area (Å²) < 4.78 is 1.80. The smallest absolute Gasteiger partial charge is 0.261 e. The lowest BCUT2D eigenvalue weighted by Crippen LogP contribution is -2.29. The molecule has 0 bridgehead atoms. The molecule has 0 spiro atoms. The van der Waals surface area contributed by atoms with Crippen LogP contribution >= 0.6 is 0 Å². The summed E-state index contributed by atoms with van der Waals surface area (Å²) in [4.78, 5) is 17.8. The van der Waals surface area contributed by atoms with Crippen molar-refractivity contribution in [3.05, 3.63) is 94.2 Å². The van der Waals surface area contributed by atoms with Gasteiger partial charge in [-0.2, -0.15) is 0 Å². The maximum absolute atomic E-state index is 13.0. The predicted molar refractivity (Wildman–Crippen MR) is 113 cm³/mol. The highest BCUT2D eigenvalue weighted by Crippen LogP contribution is 2.20. The minimum atomic E-state index is 0.00689. The lowest BCUT2D eigenvalue weighted by atomic mass is 10.0. The van der Waals surface area contributed by atoms with E-state index in [1.807, 2.05) is 25.1 Å². The molecule has 3 heteroatoms. The molecule has 0 N–H and O–H groups in total. The van der Waals surface area contributed by atoms with Gasteiger partial charge in [0.05, 0.1) is 17.8 Å². The first-order valence-electron chi connectivity index (χ1n) is 9.57. The van der Waals surface area contributed by atoms with Gasteiger partial charge in [0.15, 0.2) is 0 Å².